The maximum atomic E-state index is 13.1. The van der Waals surface area contributed by atoms with Gasteiger partial charge in [0.15, 0.2) is 5.60 Å². The topological polar surface area (TPSA) is 81.4 Å². The van der Waals surface area contributed by atoms with Crippen molar-refractivity contribution in [2.45, 2.75) is 45.4 Å². The highest BCUT2D eigenvalue weighted by Crippen LogP contribution is 2.38. The first kappa shape index (κ1) is 17.1. The third kappa shape index (κ3) is 2.09. The second-order valence-electron chi connectivity index (χ2n) is 7.44. The summed E-state index contributed by atoms with van der Waals surface area (Å²) in [5.74, 6) is -0.704. The SMILES string of the molecule is CCc1cccc2cc3c(nc12)-c1cc2c(c(=O)n1C3)COC(=O)[C@]2(O)CC. The maximum Gasteiger partial charge on any atom is 0.343 e. The van der Waals surface area contributed by atoms with Gasteiger partial charge in [0, 0.05) is 16.5 Å². The molecule has 1 atom stereocenters. The highest BCUT2D eigenvalue weighted by atomic mass is 16.6. The molecule has 1 N–H and O–H groups in total. The lowest BCUT2D eigenvalue weighted by atomic mass is 9.86. The minimum atomic E-state index is -1.80. The van der Waals surface area contributed by atoms with Crippen LogP contribution in [-0.4, -0.2) is 20.6 Å². The van der Waals surface area contributed by atoms with Crippen molar-refractivity contribution in [3.05, 3.63) is 62.9 Å². The third-order valence-corrected chi connectivity index (χ3v) is 6.00. The molecule has 0 saturated carbocycles. The van der Waals surface area contributed by atoms with E-state index in [1.807, 2.05) is 12.1 Å². The van der Waals surface area contributed by atoms with Crippen LogP contribution in [0.4, 0.5) is 0 Å². The summed E-state index contributed by atoms with van der Waals surface area (Å²) >= 11 is 0. The molecule has 4 heterocycles. The molecule has 0 spiro atoms. The van der Waals surface area contributed by atoms with E-state index < -0.39 is 11.6 Å². The van der Waals surface area contributed by atoms with Crippen molar-refractivity contribution < 1.29 is 14.6 Å². The van der Waals surface area contributed by atoms with Crippen molar-refractivity contribution in [1.82, 2.24) is 9.55 Å². The molecule has 0 aliphatic carbocycles. The number of cyclic esters (lactones) is 1. The van der Waals surface area contributed by atoms with E-state index in [-0.39, 0.29) is 18.6 Å². The highest BCUT2D eigenvalue weighted by Gasteiger charge is 2.45. The van der Waals surface area contributed by atoms with Gasteiger partial charge in [-0.05, 0) is 30.5 Å². The summed E-state index contributed by atoms with van der Waals surface area (Å²) in [4.78, 5) is 30.3. The quantitative estimate of drug-likeness (QED) is 0.544. The number of benzene rings is 1. The van der Waals surface area contributed by atoms with Gasteiger partial charge < -0.3 is 14.4 Å². The summed E-state index contributed by atoms with van der Waals surface area (Å²) in [5, 5.41) is 12.0. The van der Waals surface area contributed by atoms with Crippen LogP contribution < -0.4 is 5.56 Å². The number of ether oxygens (including phenoxy) is 1. The molecule has 5 rings (SSSR count). The van der Waals surface area contributed by atoms with Crippen LogP contribution in [0.25, 0.3) is 22.3 Å². The van der Waals surface area contributed by atoms with E-state index in [9.17, 15) is 14.7 Å². The number of fused-ring (bicyclic) bond motifs is 5. The maximum absolute atomic E-state index is 13.1. The van der Waals surface area contributed by atoms with Crippen molar-refractivity contribution >= 4 is 16.9 Å². The van der Waals surface area contributed by atoms with Crippen molar-refractivity contribution in [1.29, 1.82) is 0 Å². The minimum Gasteiger partial charge on any atom is -0.458 e. The second kappa shape index (κ2) is 5.75. The zero-order valence-electron chi connectivity index (χ0n) is 15.8. The van der Waals surface area contributed by atoms with Crippen molar-refractivity contribution in [2.75, 3.05) is 0 Å². The van der Waals surface area contributed by atoms with Crippen LogP contribution in [0.1, 0.15) is 42.5 Å². The number of aliphatic hydroxyl groups is 1. The predicted octanol–water partition coefficient (Wildman–Crippen LogP) is 2.64. The van der Waals surface area contributed by atoms with Crippen molar-refractivity contribution in [3.63, 3.8) is 0 Å². The number of hydrogen-bond donors (Lipinski definition) is 1. The molecule has 0 amide bonds. The highest BCUT2D eigenvalue weighted by molar-refractivity contribution is 5.87. The van der Waals surface area contributed by atoms with Crippen LogP contribution in [0.15, 0.2) is 35.1 Å². The number of rotatable bonds is 2. The average Bonchev–Trinajstić information content (AvgIpc) is 3.07. The first-order valence-electron chi connectivity index (χ1n) is 9.56. The van der Waals surface area contributed by atoms with Crippen LogP contribution in [0.5, 0.6) is 0 Å². The lowest BCUT2D eigenvalue weighted by molar-refractivity contribution is -0.172. The molecule has 2 aromatic heterocycles. The zero-order valence-corrected chi connectivity index (χ0v) is 15.8. The molecule has 0 bridgehead atoms. The molecular weight excluding hydrogens is 356 g/mol. The van der Waals surface area contributed by atoms with Gasteiger partial charge in [-0.3, -0.25) is 4.79 Å². The largest absolute Gasteiger partial charge is 0.458 e. The summed E-state index contributed by atoms with van der Waals surface area (Å²) in [6.07, 6.45) is 1.00. The number of hydrogen-bond acceptors (Lipinski definition) is 5. The lowest BCUT2D eigenvalue weighted by Gasteiger charge is -2.31. The monoisotopic (exact) mass is 376 g/mol. The Bertz CT molecular complexity index is 1230. The molecule has 6 nitrogen and oxygen atoms in total. The summed E-state index contributed by atoms with van der Waals surface area (Å²) in [6.45, 7) is 4.11. The number of carbonyl (C=O) groups is 1. The van der Waals surface area contributed by atoms with Gasteiger partial charge in [-0.25, -0.2) is 9.78 Å². The molecule has 6 heteroatoms. The van der Waals surface area contributed by atoms with E-state index >= 15 is 0 Å². The van der Waals surface area contributed by atoms with Gasteiger partial charge in [0.25, 0.3) is 5.56 Å². The standard InChI is InChI=1S/C22H20N2O4/c1-3-12-6-5-7-13-8-14-10-24-17(19(14)23-18(12)13)9-16-15(20(24)25)11-28-21(26)22(16,27)4-2/h5-9,27H,3-4,10-11H2,1-2H3/t22-/m0/s1. The van der Waals surface area contributed by atoms with Crippen LogP contribution in [0, 0.1) is 0 Å². The number of para-hydroxylation sites is 1. The number of aromatic nitrogens is 2. The van der Waals surface area contributed by atoms with Crippen molar-refractivity contribution in [2.24, 2.45) is 0 Å². The van der Waals surface area contributed by atoms with Crippen LogP contribution in [0.2, 0.25) is 0 Å². The number of aryl methyl sites for hydroxylation is 1. The van der Waals surface area contributed by atoms with Crippen molar-refractivity contribution in [3.8, 4) is 11.4 Å². The summed E-state index contributed by atoms with van der Waals surface area (Å²) in [6, 6.07) is 9.94. The molecule has 2 aliphatic rings. The summed E-state index contributed by atoms with van der Waals surface area (Å²) < 4.78 is 6.77. The average molecular weight is 376 g/mol. The fraction of sp³-hybridized carbons (Fsp3) is 0.318. The van der Waals surface area contributed by atoms with Crippen LogP contribution >= 0.6 is 0 Å². The van der Waals surface area contributed by atoms with Gasteiger partial charge in [0.2, 0.25) is 0 Å². The van der Waals surface area contributed by atoms with E-state index in [0.29, 0.717) is 23.4 Å². The Morgan fingerprint density at radius 3 is 2.82 bits per heavy atom. The Hall–Kier alpha value is -2.99. The number of esters is 1. The van der Waals surface area contributed by atoms with Gasteiger partial charge >= 0.3 is 5.97 Å². The predicted molar refractivity (Wildman–Crippen MR) is 104 cm³/mol. The van der Waals surface area contributed by atoms with E-state index in [0.717, 1.165) is 34.1 Å². The molecule has 3 aromatic rings. The molecule has 0 fully saturated rings. The van der Waals surface area contributed by atoms with Gasteiger partial charge in [-0.2, -0.15) is 0 Å². The summed E-state index contributed by atoms with van der Waals surface area (Å²) in [7, 11) is 0. The first-order valence-corrected chi connectivity index (χ1v) is 9.56. The molecule has 142 valence electrons. The Kier molecular flexibility index (Phi) is 3.52. The van der Waals surface area contributed by atoms with Gasteiger partial charge in [-0.1, -0.05) is 32.0 Å². The molecular formula is C22H20N2O4. The number of pyridine rings is 2. The normalized spacial score (nSPS) is 19.9. The first-order chi connectivity index (χ1) is 13.5. The third-order valence-electron chi connectivity index (χ3n) is 6.00. The Morgan fingerprint density at radius 1 is 1.25 bits per heavy atom. The second-order valence-corrected chi connectivity index (χ2v) is 7.44. The van der Waals surface area contributed by atoms with E-state index in [1.54, 1.807) is 17.6 Å². The fourth-order valence-electron chi connectivity index (χ4n) is 4.35. The van der Waals surface area contributed by atoms with Crippen LogP contribution in [-0.2, 0) is 34.7 Å². The zero-order chi connectivity index (χ0) is 19.6. The molecule has 0 saturated heterocycles. The Balaban J connectivity index is 1.81. The van der Waals surface area contributed by atoms with E-state index in [1.165, 1.54) is 0 Å². The smallest absolute Gasteiger partial charge is 0.343 e. The fourth-order valence-corrected chi connectivity index (χ4v) is 4.35. The molecule has 1 aromatic carbocycles. The van der Waals surface area contributed by atoms with E-state index in [2.05, 4.69) is 19.1 Å². The molecule has 2 aliphatic heterocycles. The Morgan fingerprint density at radius 2 is 2.07 bits per heavy atom. The lowest BCUT2D eigenvalue weighted by Crippen LogP contribution is -2.44. The number of nitrogens with zero attached hydrogens (tertiary/aromatic N) is 2. The molecule has 0 unspecified atom stereocenters. The van der Waals surface area contributed by atoms with Gasteiger partial charge in [-0.15, -0.1) is 0 Å². The number of carbonyl (C=O) groups excluding carboxylic acids is 1. The molecule has 28 heavy (non-hydrogen) atoms. The van der Waals surface area contributed by atoms with E-state index in [4.69, 9.17) is 9.72 Å². The van der Waals surface area contributed by atoms with Gasteiger partial charge in [0.05, 0.1) is 29.0 Å². The van der Waals surface area contributed by atoms with Gasteiger partial charge in [0.1, 0.15) is 6.61 Å². The minimum absolute atomic E-state index is 0.110. The Labute approximate surface area is 161 Å². The summed E-state index contributed by atoms with van der Waals surface area (Å²) in [5.41, 5.74) is 3.09. The van der Waals surface area contributed by atoms with Crippen LogP contribution in [0.3, 0.4) is 0 Å². The molecule has 0 radical (unpaired) electrons.